The molecule has 0 radical (unpaired) electrons. The van der Waals surface area contributed by atoms with Gasteiger partial charge in [0, 0.05) is 17.3 Å². The Morgan fingerprint density at radius 2 is 1.70 bits per heavy atom. The molecule has 0 spiro atoms. The van der Waals surface area contributed by atoms with Crippen LogP contribution in [0.1, 0.15) is 54.4 Å². The predicted octanol–water partition coefficient (Wildman–Crippen LogP) is 2.73. The molecule has 9 nitrogen and oxygen atoms in total. The topological polar surface area (TPSA) is 116 Å². The molecule has 0 saturated heterocycles. The molecule has 2 aromatic rings. The van der Waals surface area contributed by atoms with Crippen LogP contribution in [0.15, 0.2) is 40.8 Å². The van der Waals surface area contributed by atoms with E-state index in [0.29, 0.717) is 18.0 Å². The lowest BCUT2D eigenvalue weighted by Gasteiger charge is -2.15. The second kappa shape index (κ2) is 11.0. The van der Waals surface area contributed by atoms with Crippen LogP contribution in [0.5, 0.6) is 0 Å². The number of anilines is 1. The maximum atomic E-state index is 12.3. The van der Waals surface area contributed by atoms with Crippen molar-refractivity contribution in [3.8, 4) is 0 Å². The van der Waals surface area contributed by atoms with Crippen molar-refractivity contribution < 1.29 is 18.8 Å². The molecular formula is C21H29N5O4. The molecule has 162 valence electrons. The van der Waals surface area contributed by atoms with Crippen LogP contribution in [0.4, 0.5) is 10.5 Å². The summed E-state index contributed by atoms with van der Waals surface area (Å²) in [7, 11) is 0. The van der Waals surface area contributed by atoms with Gasteiger partial charge in [-0.05, 0) is 57.3 Å². The number of furan rings is 1. The monoisotopic (exact) mass is 415 g/mol. The van der Waals surface area contributed by atoms with Crippen LogP contribution in [-0.4, -0.2) is 41.9 Å². The van der Waals surface area contributed by atoms with Crippen LogP contribution in [0.2, 0.25) is 0 Å². The SMILES string of the molecule is CCN(CC)Cc1ccc(C(=O)NNC(=O)c2cccc(NC(=O)NC(C)C)c2)o1. The van der Waals surface area contributed by atoms with Gasteiger partial charge in [0.15, 0.2) is 5.76 Å². The van der Waals surface area contributed by atoms with Gasteiger partial charge in [-0.2, -0.15) is 0 Å². The van der Waals surface area contributed by atoms with E-state index in [1.54, 1.807) is 30.3 Å². The molecule has 1 aromatic heterocycles. The molecule has 0 bridgehead atoms. The number of nitrogens with zero attached hydrogens (tertiary/aromatic N) is 1. The van der Waals surface area contributed by atoms with Crippen LogP contribution in [-0.2, 0) is 6.54 Å². The first-order chi connectivity index (χ1) is 14.3. The molecule has 0 aliphatic heterocycles. The van der Waals surface area contributed by atoms with Crippen molar-refractivity contribution in [3.63, 3.8) is 0 Å². The fraction of sp³-hybridized carbons (Fsp3) is 0.381. The highest BCUT2D eigenvalue weighted by Gasteiger charge is 2.14. The van der Waals surface area contributed by atoms with E-state index < -0.39 is 11.8 Å². The zero-order chi connectivity index (χ0) is 22.1. The van der Waals surface area contributed by atoms with Gasteiger partial charge in [0.05, 0.1) is 6.54 Å². The summed E-state index contributed by atoms with van der Waals surface area (Å²) < 4.78 is 5.55. The van der Waals surface area contributed by atoms with Crippen molar-refractivity contribution >= 4 is 23.5 Å². The van der Waals surface area contributed by atoms with Crippen molar-refractivity contribution in [1.29, 1.82) is 0 Å². The molecular weight excluding hydrogens is 386 g/mol. The Hall–Kier alpha value is -3.33. The van der Waals surface area contributed by atoms with E-state index in [0.717, 1.165) is 13.1 Å². The molecule has 0 fully saturated rings. The van der Waals surface area contributed by atoms with Crippen molar-refractivity contribution in [1.82, 2.24) is 21.1 Å². The summed E-state index contributed by atoms with van der Waals surface area (Å²) >= 11 is 0. The average Bonchev–Trinajstić information content (AvgIpc) is 3.18. The average molecular weight is 415 g/mol. The molecule has 9 heteroatoms. The van der Waals surface area contributed by atoms with E-state index in [9.17, 15) is 14.4 Å². The summed E-state index contributed by atoms with van der Waals surface area (Å²) in [5.74, 6) is -0.294. The van der Waals surface area contributed by atoms with E-state index in [1.807, 2.05) is 13.8 Å². The van der Waals surface area contributed by atoms with Gasteiger partial charge in [-0.1, -0.05) is 19.9 Å². The minimum atomic E-state index is -0.556. The number of carbonyl (C=O) groups is 3. The molecule has 0 aliphatic carbocycles. The summed E-state index contributed by atoms with van der Waals surface area (Å²) in [6.07, 6.45) is 0. The smallest absolute Gasteiger partial charge is 0.319 e. The number of benzene rings is 1. The number of urea groups is 1. The molecule has 1 aromatic carbocycles. The molecule has 4 amide bonds. The van der Waals surface area contributed by atoms with Crippen molar-refractivity contribution in [3.05, 3.63) is 53.5 Å². The first kappa shape index (κ1) is 23.0. The minimum Gasteiger partial charge on any atom is -0.454 e. The number of hydrogen-bond donors (Lipinski definition) is 4. The lowest BCUT2D eigenvalue weighted by molar-refractivity contribution is 0.0829. The molecule has 4 N–H and O–H groups in total. The van der Waals surface area contributed by atoms with Gasteiger partial charge in [0.1, 0.15) is 5.76 Å². The first-order valence-corrected chi connectivity index (χ1v) is 9.91. The number of carbonyl (C=O) groups excluding carboxylic acids is 3. The largest absolute Gasteiger partial charge is 0.454 e. The summed E-state index contributed by atoms with van der Waals surface area (Å²) in [6.45, 7) is 10.2. The number of rotatable bonds is 8. The molecule has 2 rings (SSSR count). The molecule has 0 saturated carbocycles. The quantitative estimate of drug-likeness (QED) is 0.495. The van der Waals surface area contributed by atoms with Crippen LogP contribution in [0.25, 0.3) is 0 Å². The van der Waals surface area contributed by atoms with Gasteiger partial charge in [0.25, 0.3) is 5.91 Å². The zero-order valence-electron chi connectivity index (χ0n) is 17.7. The Morgan fingerprint density at radius 1 is 1.00 bits per heavy atom. The zero-order valence-corrected chi connectivity index (χ0v) is 17.7. The highest BCUT2D eigenvalue weighted by Crippen LogP contribution is 2.12. The molecule has 0 unspecified atom stereocenters. The van der Waals surface area contributed by atoms with E-state index in [2.05, 4.69) is 40.2 Å². The Bertz CT molecular complexity index is 874. The summed E-state index contributed by atoms with van der Waals surface area (Å²) in [5, 5.41) is 5.35. The lowest BCUT2D eigenvalue weighted by Crippen LogP contribution is -2.41. The third-order valence-corrected chi connectivity index (χ3v) is 4.25. The number of hydrogen-bond acceptors (Lipinski definition) is 5. The van der Waals surface area contributed by atoms with Crippen LogP contribution in [0, 0.1) is 0 Å². The Morgan fingerprint density at radius 3 is 2.37 bits per heavy atom. The maximum absolute atomic E-state index is 12.3. The Balaban J connectivity index is 1.91. The molecule has 1 heterocycles. The van der Waals surface area contributed by atoms with E-state index in [1.165, 1.54) is 6.07 Å². The van der Waals surface area contributed by atoms with Gasteiger partial charge < -0.3 is 15.1 Å². The fourth-order valence-corrected chi connectivity index (χ4v) is 2.67. The van der Waals surface area contributed by atoms with E-state index >= 15 is 0 Å². The van der Waals surface area contributed by atoms with Gasteiger partial charge >= 0.3 is 11.9 Å². The van der Waals surface area contributed by atoms with Crippen LogP contribution < -0.4 is 21.5 Å². The normalized spacial score (nSPS) is 10.7. The third kappa shape index (κ3) is 6.93. The van der Waals surface area contributed by atoms with Crippen molar-refractivity contribution in [2.75, 3.05) is 18.4 Å². The fourth-order valence-electron chi connectivity index (χ4n) is 2.67. The Kier molecular flexibility index (Phi) is 8.42. The van der Waals surface area contributed by atoms with Crippen molar-refractivity contribution in [2.45, 2.75) is 40.3 Å². The predicted molar refractivity (Wildman–Crippen MR) is 114 cm³/mol. The molecule has 0 aliphatic rings. The summed E-state index contributed by atoms with van der Waals surface area (Å²) in [6, 6.07) is 9.31. The van der Waals surface area contributed by atoms with Gasteiger partial charge in [-0.15, -0.1) is 0 Å². The van der Waals surface area contributed by atoms with Gasteiger partial charge in [-0.3, -0.25) is 25.3 Å². The van der Waals surface area contributed by atoms with Crippen LogP contribution >= 0.6 is 0 Å². The summed E-state index contributed by atoms with van der Waals surface area (Å²) in [5.41, 5.74) is 5.41. The molecule has 0 atom stereocenters. The highest BCUT2D eigenvalue weighted by molar-refractivity contribution is 5.99. The molecule has 30 heavy (non-hydrogen) atoms. The lowest BCUT2D eigenvalue weighted by atomic mass is 10.2. The number of amides is 4. The highest BCUT2D eigenvalue weighted by atomic mass is 16.4. The van der Waals surface area contributed by atoms with Crippen molar-refractivity contribution in [2.24, 2.45) is 0 Å². The second-order valence-corrected chi connectivity index (χ2v) is 6.97. The van der Waals surface area contributed by atoms with Gasteiger partial charge in [-0.25, -0.2) is 4.79 Å². The summed E-state index contributed by atoms with van der Waals surface area (Å²) in [4.78, 5) is 38.5. The standard InChI is InChI=1S/C21H29N5O4/c1-5-26(6-2)13-17-10-11-18(30-17)20(28)25-24-19(27)15-8-7-9-16(12-15)23-21(29)22-14(3)4/h7-12,14H,5-6,13H2,1-4H3,(H,24,27)(H,25,28)(H2,22,23,29). The van der Waals surface area contributed by atoms with Gasteiger partial charge in [0.2, 0.25) is 0 Å². The Labute approximate surface area is 176 Å². The maximum Gasteiger partial charge on any atom is 0.319 e. The van der Waals surface area contributed by atoms with Crippen LogP contribution in [0.3, 0.4) is 0 Å². The second-order valence-electron chi connectivity index (χ2n) is 6.97. The van der Waals surface area contributed by atoms with E-state index in [4.69, 9.17) is 4.42 Å². The first-order valence-electron chi connectivity index (χ1n) is 9.91. The third-order valence-electron chi connectivity index (χ3n) is 4.25. The number of nitrogens with one attached hydrogen (secondary N) is 4. The van der Waals surface area contributed by atoms with E-state index in [-0.39, 0.29) is 23.4 Å². The number of hydrazine groups is 1. The minimum absolute atomic E-state index is 0.0131.